The van der Waals surface area contributed by atoms with Crippen molar-refractivity contribution in [3.63, 3.8) is 0 Å². The van der Waals surface area contributed by atoms with E-state index in [0.29, 0.717) is 5.92 Å². The van der Waals surface area contributed by atoms with Crippen molar-refractivity contribution in [2.24, 2.45) is 10.9 Å². The van der Waals surface area contributed by atoms with Gasteiger partial charge in [0.15, 0.2) is 0 Å². The Labute approximate surface area is 82.0 Å². The zero-order valence-corrected chi connectivity index (χ0v) is 9.21. The summed E-state index contributed by atoms with van der Waals surface area (Å²) in [7, 11) is 2.19. The Morgan fingerprint density at radius 2 is 2.31 bits per heavy atom. The number of hydrogen-bond donors (Lipinski definition) is 0. The summed E-state index contributed by atoms with van der Waals surface area (Å²) in [5.41, 5.74) is 1.45. The van der Waals surface area contributed by atoms with Crippen molar-refractivity contribution in [2.75, 3.05) is 26.7 Å². The van der Waals surface area contributed by atoms with Gasteiger partial charge in [0.1, 0.15) is 0 Å². The van der Waals surface area contributed by atoms with E-state index >= 15 is 0 Å². The maximum atomic E-state index is 4.68. The normalized spacial score (nSPS) is 28.2. The molecule has 13 heavy (non-hydrogen) atoms. The molecule has 0 aromatic carbocycles. The fourth-order valence-corrected chi connectivity index (χ4v) is 1.83. The van der Waals surface area contributed by atoms with E-state index in [1.165, 1.54) is 38.1 Å². The summed E-state index contributed by atoms with van der Waals surface area (Å²) < 4.78 is 0. The summed E-state index contributed by atoms with van der Waals surface area (Å²) in [6.45, 7) is 7.93. The van der Waals surface area contributed by atoms with Gasteiger partial charge in [-0.2, -0.15) is 0 Å². The molecule has 1 rings (SSSR count). The Balaban J connectivity index is 2.36. The molecular formula is C11H22N2. The first-order valence-electron chi connectivity index (χ1n) is 5.45. The molecule has 1 unspecified atom stereocenters. The fourth-order valence-electron chi connectivity index (χ4n) is 1.83. The zero-order valence-electron chi connectivity index (χ0n) is 9.21. The van der Waals surface area contributed by atoms with Crippen LogP contribution in [-0.4, -0.2) is 37.3 Å². The third-order valence-corrected chi connectivity index (χ3v) is 2.73. The van der Waals surface area contributed by atoms with Gasteiger partial charge in [0.05, 0.1) is 0 Å². The molecule has 0 N–H and O–H groups in total. The molecule has 76 valence electrons. The first-order valence-corrected chi connectivity index (χ1v) is 5.45. The molecule has 0 aromatic heterocycles. The molecule has 1 aliphatic rings. The lowest BCUT2D eigenvalue weighted by atomic mass is 9.98. The predicted molar refractivity (Wildman–Crippen MR) is 58.5 cm³/mol. The second kappa shape index (κ2) is 5.38. The van der Waals surface area contributed by atoms with Crippen molar-refractivity contribution in [1.82, 2.24) is 4.90 Å². The van der Waals surface area contributed by atoms with Crippen LogP contribution in [0.4, 0.5) is 0 Å². The van der Waals surface area contributed by atoms with Gasteiger partial charge in [-0.15, -0.1) is 0 Å². The summed E-state index contributed by atoms with van der Waals surface area (Å²) >= 11 is 0. The Morgan fingerprint density at radius 1 is 1.54 bits per heavy atom. The number of hydrogen-bond acceptors (Lipinski definition) is 2. The molecule has 0 aromatic rings. The fraction of sp³-hybridized carbons (Fsp3) is 0.909. The topological polar surface area (TPSA) is 15.6 Å². The van der Waals surface area contributed by atoms with Crippen LogP contribution in [0.3, 0.4) is 0 Å². The molecule has 0 bridgehead atoms. The van der Waals surface area contributed by atoms with E-state index in [-0.39, 0.29) is 0 Å². The van der Waals surface area contributed by atoms with Crippen LogP contribution in [0.15, 0.2) is 4.99 Å². The van der Waals surface area contributed by atoms with Gasteiger partial charge in [0.25, 0.3) is 0 Å². The summed E-state index contributed by atoms with van der Waals surface area (Å²) in [6, 6.07) is 0. The number of unbranched alkanes of at least 4 members (excludes halogenated alkanes) is 1. The Kier molecular flexibility index (Phi) is 4.43. The molecule has 0 saturated carbocycles. The van der Waals surface area contributed by atoms with Crippen molar-refractivity contribution < 1.29 is 0 Å². The van der Waals surface area contributed by atoms with E-state index in [2.05, 4.69) is 30.8 Å². The van der Waals surface area contributed by atoms with Gasteiger partial charge in [-0.1, -0.05) is 20.3 Å². The van der Waals surface area contributed by atoms with Gasteiger partial charge in [0, 0.05) is 31.3 Å². The highest BCUT2D eigenvalue weighted by atomic mass is 15.1. The quantitative estimate of drug-likeness (QED) is 0.611. The second-order valence-corrected chi connectivity index (χ2v) is 4.14. The maximum Gasteiger partial charge on any atom is 0.0388 e. The van der Waals surface area contributed by atoms with Crippen LogP contribution in [0.5, 0.6) is 0 Å². The minimum Gasteiger partial charge on any atom is -0.305 e. The molecule has 2 heteroatoms. The van der Waals surface area contributed by atoms with E-state index in [4.69, 9.17) is 0 Å². The van der Waals surface area contributed by atoms with Crippen LogP contribution < -0.4 is 0 Å². The lowest BCUT2D eigenvalue weighted by molar-refractivity contribution is 0.298. The third-order valence-electron chi connectivity index (χ3n) is 2.73. The summed E-state index contributed by atoms with van der Waals surface area (Å²) in [5, 5.41) is 0. The molecule has 0 amide bonds. The average molecular weight is 182 g/mol. The first kappa shape index (κ1) is 10.7. The number of likely N-dealkylation sites (tertiary alicyclic amines) is 1. The molecule has 2 nitrogen and oxygen atoms in total. The number of piperidine rings is 1. The van der Waals surface area contributed by atoms with Gasteiger partial charge >= 0.3 is 0 Å². The molecule has 0 radical (unpaired) electrons. The van der Waals surface area contributed by atoms with E-state index in [1.807, 2.05) is 0 Å². The number of rotatable bonds is 3. The van der Waals surface area contributed by atoms with Crippen LogP contribution in [0.2, 0.25) is 0 Å². The van der Waals surface area contributed by atoms with Crippen LogP contribution in [0, 0.1) is 5.92 Å². The Bertz CT molecular complexity index is 175. The van der Waals surface area contributed by atoms with E-state index in [0.717, 1.165) is 6.54 Å². The smallest absolute Gasteiger partial charge is 0.0388 e. The van der Waals surface area contributed by atoms with Gasteiger partial charge < -0.3 is 4.90 Å². The van der Waals surface area contributed by atoms with Crippen molar-refractivity contribution in [2.45, 2.75) is 33.1 Å². The third kappa shape index (κ3) is 3.47. The molecule has 0 spiro atoms. The van der Waals surface area contributed by atoms with Crippen molar-refractivity contribution in [3.05, 3.63) is 0 Å². The molecule has 1 heterocycles. The molecule has 1 aliphatic heterocycles. The Morgan fingerprint density at radius 3 is 2.92 bits per heavy atom. The maximum absolute atomic E-state index is 4.68. The van der Waals surface area contributed by atoms with Crippen molar-refractivity contribution >= 4 is 5.71 Å². The minimum atomic E-state index is 0.676. The molecule has 0 aliphatic carbocycles. The van der Waals surface area contributed by atoms with Crippen molar-refractivity contribution in [3.8, 4) is 0 Å². The van der Waals surface area contributed by atoms with Gasteiger partial charge in [-0.25, -0.2) is 0 Å². The first-order chi connectivity index (χ1) is 6.24. The van der Waals surface area contributed by atoms with Crippen LogP contribution in [-0.2, 0) is 0 Å². The van der Waals surface area contributed by atoms with Crippen LogP contribution in [0.25, 0.3) is 0 Å². The summed E-state index contributed by atoms with van der Waals surface area (Å²) in [4.78, 5) is 7.07. The second-order valence-electron chi connectivity index (χ2n) is 4.14. The van der Waals surface area contributed by atoms with E-state index in [1.54, 1.807) is 0 Å². The van der Waals surface area contributed by atoms with Crippen molar-refractivity contribution in [1.29, 1.82) is 0 Å². The monoisotopic (exact) mass is 182 g/mol. The van der Waals surface area contributed by atoms with Gasteiger partial charge in [0.2, 0.25) is 0 Å². The van der Waals surface area contributed by atoms with E-state index in [9.17, 15) is 0 Å². The molecule has 1 atom stereocenters. The highest BCUT2D eigenvalue weighted by Gasteiger charge is 2.18. The number of aliphatic imine (C=N–C) groups is 1. The zero-order chi connectivity index (χ0) is 9.68. The average Bonchev–Trinajstić information content (AvgIpc) is 2.09. The highest BCUT2D eigenvalue weighted by molar-refractivity contribution is 5.87. The van der Waals surface area contributed by atoms with Gasteiger partial charge in [-0.05, 0) is 19.9 Å². The summed E-state index contributed by atoms with van der Waals surface area (Å²) in [6.07, 6.45) is 3.68. The lowest BCUT2D eigenvalue weighted by Crippen LogP contribution is -2.37. The molecule has 1 fully saturated rings. The molecule has 1 saturated heterocycles. The van der Waals surface area contributed by atoms with Crippen LogP contribution in [0.1, 0.15) is 33.1 Å². The minimum absolute atomic E-state index is 0.676. The SMILES string of the molecule is CCCCN=C1CCN(C)CC1C. The van der Waals surface area contributed by atoms with E-state index < -0.39 is 0 Å². The largest absolute Gasteiger partial charge is 0.305 e. The van der Waals surface area contributed by atoms with Crippen LogP contribution >= 0.6 is 0 Å². The predicted octanol–water partition coefficient (Wildman–Crippen LogP) is 2.20. The summed E-state index contributed by atoms with van der Waals surface area (Å²) in [5.74, 6) is 0.676. The lowest BCUT2D eigenvalue weighted by Gasteiger charge is -2.28. The Hall–Kier alpha value is -0.370. The number of nitrogens with zero attached hydrogens (tertiary/aromatic N) is 2. The highest BCUT2D eigenvalue weighted by Crippen LogP contribution is 2.12. The van der Waals surface area contributed by atoms with Gasteiger partial charge in [-0.3, -0.25) is 4.99 Å². The standard InChI is InChI=1S/C11H22N2/c1-4-5-7-12-11-6-8-13(3)9-10(11)2/h10H,4-9H2,1-3H3. The molecular weight excluding hydrogens is 160 g/mol.